The number of aromatic nitrogens is 3. The summed E-state index contributed by atoms with van der Waals surface area (Å²) in [6.45, 7) is 3.35. The minimum atomic E-state index is -0.221. The molecule has 0 unspecified atom stereocenters. The predicted molar refractivity (Wildman–Crippen MR) is 79.4 cm³/mol. The minimum absolute atomic E-state index is 0.221. The van der Waals surface area contributed by atoms with E-state index in [0.29, 0.717) is 23.0 Å². The van der Waals surface area contributed by atoms with Crippen LogP contribution in [0.15, 0.2) is 30.9 Å². The monoisotopic (exact) mass is 308 g/mol. The van der Waals surface area contributed by atoms with E-state index in [1.165, 1.54) is 12.5 Å². The van der Waals surface area contributed by atoms with Crippen LogP contribution >= 0.6 is 11.6 Å². The van der Waals surface area contributed by atoms with Gasteiger partial charge in [0.15, 0.2) is 0 Å². The van der Waals surface area contributed by atoms with Gasteiger partial charge in [-0.05, 0) is 37.4 Å². The standard InChI is InChI=1S/C15H18ClFN4/c16-14-4-1-5-15(17)13(14)9-20-6-2-3-12(7-20)8-21-11-18-10-19-21/h1,4-5,10-12H,2-3,6-9H2/t12-/m0/s1. The second-order valence-electron chi connectivity index (χ2n) is 5.56. The Kier molecular flexibility index (Phi) is 4.51. The fraction of sp³-hybridized carbons (Fsp3) is 0.467. The zero-order chi connectivity index (χ0) is 14.7. The third-order valence-electron chi connectivity index (χ3n) is 3.96. The molecule has 0 bridgehead atoms. The molecule has 21 heavy (non-hydrogen) atoms. The van der Waals surface area contributed by atoms with Crippen molar-refractivity contribution in [2.45, 2.75) is 25.9 Å². The van der Waals surface area contributed by atoms with Crippen LogP contribution in [0.25, 0.3) is 0 Å². The second kappa shape index (κ2) is 6.54. The fourth-order valence-corrected chi connectivity index (χ4v) is 3.17. The summed E-state index contributed by atoms with van der Waals surface area (Å²) in [6, 6.07) is 4.86. The van der Waals surface area contributed by atoms with E-state index in [9.17, 15) is 4.39 Å². The van der Waals surface area contributed by atoms with Crippen molar-refractivity contribution in [2.24, 2.45) is 5.92 Å². The summed E-state index contributed by atoms with van der Waals surface area (Å²) in [5.74, 6) is 0.298. The van der Waals surface area contributed by atoms with Gasteiger partial charge in [-0.2, -0.15) is 5.10 Å². The molecular formula is C15H18ClFN4. The molecule has 1 aromatic heterocycles. The predicted octanol–water partition coefficient (Wildman–Crippen LogP) is 2.98. The minimum Gasteiger partial charge on any atom is -0.299 e. The first-order chi connectivity index (χ1) is 10.2. The average Bonchev–Trinajstić information content (AvgIpc) is 2.96. The van der Waals surface area contributed by atoms with Gasteiger partial charge >= 0.3 is 0 Å². The highest BCUT2D eigenvalue weighted by Gasteiger charge is 2.22. The van der Waals surface area contributed by atoms with E-state index in [4.69, 9.17) is 11.6 Å². The van der Waals surface area contributed by atoms with E-state index in [0.717, 1.165) is 26.1 Å². The zero-order valence-electron chi connectivity index (χ0n) is 11.8. The lowest BCUT2D eigenvalue weighted by atomic mass is 9.97. The molecule has 1 saturated heterocycles. The highest BCUT2D eigenvalue weighted by Crippen LogP contribution is 2.24. The molecule has 0 amide bonds. The molecule has 1 aliphatic heterocycles. The number of hydrogen-bond acceptors (Lipinski definition) is 3. The highest BCUT2D eigenvalue weighted by atomic mass is 35.5. The van der Waals surface area contributed by atoms with Crippen LogP contribution in [0.4, 0.5) is 4.39 Å². The van der Waals surface area contributed by atoms with Gasteiger partial charge in [0.1, 0.15) is 18.5 Å². The molecule has 6 heteroatoms. The lowest BCUT2D eigenvalue weighted by Gasteiger charge is -2.32. The van der Waals surface area contributed by atoms with E-state index >= 15 is 0 Å². The fourth-order valence-electron chi connectivity index (χ4n) is 2.94. The Balaban J connectivity index is 1.63. The van der Waals surface area contributed by atoms with Crippen LogP contribution in [0, 0.1) is 11.7 Å². The number of rotatable bonds is 4. The summed E-state index contributed by atoms with van der Waals surface area (Å²) in [7, 11) is 0. The van der Waals surface area contributed by atoms with Crippen LogP contribution in [0.5, 0.6) is 0 Å². The summed E-state index contributed by atoms with van der Waals surface area (Å²) >= 11 is 6.11. The van der Waals surface area contributed by atoms with Gasteiger partial charge in [-0.3, -0.25) is 9.58 Å². The SMILES string of the molecule is Fc1cccc(Cl)c1CN1CCC[C@H](Cn2cncn2)C1. The molecule has 112 valence electrons. The maximum atomic E-state index is 13.9. The molecule has 3 rings (SSSR count). The first-order valence-corrected chi connectivity index (χ1v) is 7.58. The average molecular weight is 309 g/mol. The highest BCUT2D eigenvalue weighted by molar-refractivity contribution is 6.31. The zero-order valence-corrected chi connectivity index (χ0v) is 12.5. The summed E-state index contributed by atoms with van der Waals surface area (Å²) in [5, 5.41) is 4.66. The molecule has 2 aromatic rings. The van der Waals surface area contributed by atoms with Gasteiger partial charge in [-0.25, -0.2) is 9.37 Å². The lowest BCUT2D eigenvalue weighted by molar-refractivity contribution is 0.152. The largest absolute Gasteiger partial charge is 0.299 e. The van der Waals surface area contributed by atoms with Crippen LogP contribution in [-0.4, -0.2) is 32.8 Å². The van der Waals surface area contributed by atoms with Crippen molar-refractivity contribution < 1.29 is 4.39 Å². The molecule has 4 nitrogen and oxygen atoms in total. The Morgan fingerprint density at radius 3 is 3.05 bits per heavy atom. The van der Waals surface area contributed by atoms with Crippen LogP contribution in [-0.2, 0) is 13.1 Å². The Morgan fingerprint density at radius 2 is 2.29 bits per heavy atom. The van der Waals surface area contributed by atoms with E-state index in [1.807, 2.05) is 4.68 Å². The van der Waals surface area contributed by atoms with E-state index in [1.54, 1.807) is 24.8 Å². The van der Waals surface area contributed by atoms with Gasteiger partial charge in [0.05, 0.1) is 0 Å². The number of halogens is 2. The smallest absolute Gasteiger partial charge is 0.137 e. The van der Waals surface area contributed by atoms with Crippen LogP contribution in [0.3, 0.4) is 0 Å². The molecule has 1 fully saturated rings. The molecule has 1 atom stereocenters. The van der Waals surface area contributed by atoms with Gasteiger partial charge in [0.25, 0.3) is 0 Å². The van der Waals surface area contributed by atoms with Crippen molar-refractivity contribution in [1.82, 2.24) is 19.7 Å². The summed E-state index contributed by atoms with van der Waals surface area (Å²) < 4.78 is 15.7. The van der Waals surface area contributed by atoms with E-state index in [-0.39, 0.29) is 5.82 Å². The van der Waals surface area contributed by atoms with Gasteiger partial charge < -0.3 is 0 Å². The summed E-state index contributed by atoms with van der Waals surface area (Å²) in [6.07, 6.45) is 5.58. The molecule has 0 N–H and O–H groups in total. The van der Waals surface area contributed by atoms with Crippen molar-refractivity contribution in [3.8, 4) is 0 Å². The van der Waals surface area contributed by atoms with Gasteiger partial charge in [-0.15, -0.1) is 0 Å². The number of benzene rings is 1. The number of likely N-dealkylation sites (tertiary alicyclic amines) is 1. The molecule has 2 heterocycles. The Hall–Kier alpha value is -1.46. The normalized spacial score (nSPS) is 19.8. The van der Waals surface area contributed by atoms with Crippen molar-refractivity contribution in [2.75, 3.05) is 13.1 Å². The van der Waals surface area contributed by atoms with Gasteiger partial charge in [0.2, 0.25) is 0 Å². The molecule has 0 spiro atoms. The maximum absolute atomic E-state index is 13.9. The van der Waals surface area contributed by atoms with E-state index in [2.05, 4.69) is 15.0 Å². The third-order valence-corrected chi connectivity index (χ3v) is 4.31. The van der Waals surface area contributed by atoms with Crippen molar-refractivity contribution in [1.29, 1.82) is 0 Å². The second-order valence-corrected chi connectivity index (χ2v) is 5.97. The topological polar surface area (TPSA) is 34.0 Å². The summed E-state index contributed by atoms with van der Waals surface area (Å²) in [5.41, 5.74) is 0.598. The van der Waals surface area contributed by atoms with Crippen molar-refractivity contribution >= 4 is 11.6 Å². The van der Waals surface area contributed by atoms with Gasteiger partial charge in [0, 0.05) is 30.2 Å². The lowest BCUT2D eigenvalue weighted by Crippen LogP contribution is -2.37. The number of hydrogen-bond donors (Lipinski definition) is 0. The molecule has 1 aliphatic rings. The van der Waals surface area contributed by atoms with E-state index < -0.39 is 0 Å². The van der Waals surface area contributed by atoms with Crippen molar-refractivity contribution in [3.05, 3.63) is 47.3 Å². The Labute approximate surface area is 128 Å². The Morgan fingerprint density at radius 1 is 1.38 bits per heavy atom. The first-order valence-electron chi connectivity index (χ1n) is 7.20. The quantitative estimate of drug-likeness (QED) is 0.871. The molecule has 1 aromatic carbocycles. The third kappa shape index (κ3) is 3.60. The molecule has 0 radical (unpaired) electrons. The number of nitrogens with zero attached hydrogens (tertiary/aromatic N) is 4. The van der Waals surface area contributed by atoms with Gasteiger partial charge in [-0.1, -0.05) is 17.7 Å². The number of piperidine rings is 1. The molecule has 0 aliphatic carbocycles. The Bertz CT molecular complexity index is 567. The van der Waals surface area contributed by atoms with Crippen LogP contribution in [0.2, 0.25) is 5.02 Å². The first kappa shape index (κ1) is 14.5. The van der Waals surface area contributed by atoms with Crippen molar-refractivity contribution in [3.63, 3.8) is 0 Å². The molecule has 0 saturated carbocycles. The van der Waals surface area contributed by atoms with Crippen LogP contribution in [0.1, 0.15) is 18.4 Å². The maximum Gasteiger partial charge on any atom is 0.137 e. The van der Waals surface area contributed by atoms with Crippen LogP contribution < -0.4 is 0 Å². The summed E-state index contributed by atoms with van der Waals surface area (Å²) in [4.78, 5) is 6.24. The molecular weight excluding hydrogens is 291 g/mol.